The van der Waals surface area contributed by atoms with Crippen molar-refractivity contribution < 1.29 is 9.53 Å². The van der Waals surface area contributed by atoms with E-state index >= 15 is 0 Å². The van der Waals surface area contributed by atoms with E-state index in [2.05, 4.69) is 44.0 Å². The molecule has 2 aliphatic heterocycles. The number of nitrogens with one attached hydrogen (secondary N) is 2. The van der Waals surface area contributed by atoms with Gasteiger partial charge < -0.3 is 20.3 Å². The molecule has 156 valence electrons. The summed E-state index contributed by atoms with van der Waals surface area (Å²) in [5.74, 6) is 0. The Bertz CT molecular complexity index is 771. The molecule has 2 amide bonds. The van der Waals surface area contributed by atoms with E-state index in [4.69, 9.17) is 4.74 Å². The molecule has 2 aliphatic rings. The van der Waals surface area contributed by atoms with E-state index in [-0.39, 0.29) is 12.1 Å². The van der Waals surface area contributed by atoms with Crippen LogP contribution in [0.1, 0.15) is 30.2 Å². The van der Waals surface area contributed by atoms with Gasteiger partial charge in [-0.05, 0) is 42.8 Å². The summed E-state index contributed by atoms with van der Waals surface area (Å²) in [6.07, 6.45) is 3.71. The fraction of sp³-hybridized carbons (Fsp3) is 0.500. The number of anilines is 2. The molecule has 7 heteroatoms. The first-order chi connectivity index (χ1) is 14.3. The lowest BCUT2D eigenvalue weighted by Crippen LogP contribution is -2.44. The number of carbonyl (C=O) groups is 1. The molecule has 2 saturated heterocycles. The molecule has 1 aromatic heterocycles. The van der Waals surface area contributed by atoms with Crippen molar-refractivity contribution in [3.8, 4) is 0 Å². The van der Waals surface area contributed by atoms with Crippen LogP contribution in [0.15, 0.2) is 41.8 Å². The van der Waals surface area contributed by atoms with Crippen LogP contribution in [-0.4, -0.2) is 56.9 Å². The van der Waals surface area contributed by atoms with E-state index in [1.54, 1.807) is 11.3 Å². The zero-order chi connectivity index (χ0) is 19.9. The number of nitrogens with zero attached hydrogens (tertiary/aromatic N) is 2. The lowest BCUT2D eigenvalue weighted by atomic mass is 10.1. The average Bonchev–Trinajstić information content (AvgIpc) is 3.30. The van der Waals surface area contributed by atoms with Crippen molar-refractivity contribution in [1.82, 2.24) is 10.2 Å². The third-order valence-electron chi connectivity index (χ3n) is 5.66. The molecule has 4 rings (SSSR count). The molecular formula is C22H30N4O2S. The molecule has 0 unspecified atom stereocenters. The molecule has 0 bridgehead atoms. The van der Waals surface area contributed by atoms with Gasteiger partial charge in [-0.1, -0.05) is 18.2 Å². The van der Waals surface area contributed by atoms with Crippen LogP contribution in [0.4, 0.5) is 16.2 Å². The van der Waals surface area contributed by atoms with E-state index in [0.717, 1.165) is 50.8 Å². The predicted molar refractivity (Wildman–Crippen MR) is 119 cm³/mol. The van der Waals surface area contributed by atoms with Crippen LogP contribution in [0.5, 0.6) is 0 Å². The minimum absolute atomic E-state index is 0.149. The maximum Gasteiger partial charge on any atom is 0.319 e. The minimum atomic E-state index is -0.149. The molecule has 2 N–H and O–H groups in total. The standard InChI is InChI=1S/C22H30N4O2S/c27-22(24-18-7-2-3-8-19(18)25-10-4-1-5-11-25)23-17-20(21-9-6-16-29-21)26-12-14-28-15-13-26/h2-3,6-9,16,20H,1,4-5,10-15,17H2,(H2,23,24,27)/t20-/m0/s1. The maximum atomic E-state index is 12.7. The molecule has 29 heavy (non-hydrogen) atoms. The summed E-state index contributed by atoms with van der Waals surface area (Å²) in [5, 5.41) is 8.28. The topological polar surface area (TPSA) is 56.8 Å². The lowest BCUT2D eigenvalue weighted by molar-refractivity contribution is 0.0175. The number of thiophene rings is 1. The summed E-state index contributed by atoms with van der Waals surface area (Å²) in [7, 11) is 0. The third kappa shape index (κ3) is 5.29. The van der Waals surface area contributed by atoms with Crippen molar-refractivity contribution in [2.75, 3.05) is 56.2 Å². The summed E-state index contributed by atoms with van der Waals surface area (Å²) in [4.78, 5) is 18.8. The molecule has 0 spiro atoms. The van der Waals surface area contributed by atoms with Crippen molar-refractivity contribution in [3.63, 3.8) is 0 Å². The van der Waals surface area contributed by atoms with E-state index < -0.39 is 0 Å². The number of rotatable bonds is 6. The van der Waals surface area contributed by atoms with Gasteiger partial charge in [-0.25, -0.2) is 4.79 Å². The van der Waals surface area contributed by atoms with Gasteiger partial charge in [0.15, 0.2) is 0 Å². The van der Waals surface area contributed by atoms with Gasteiger partial charge in [-0.3, -0.25) is 4.90 Å². The summed E-state index contributed by atoms with van der Waals surface area (Å²) in [5.41, 5.74) is 2.00. The first kappa shape index (κ1) is 20.2. The Morgan fingerprint density at radius 2 is 1.83 bits per heavy atom. The molecular weight excluding hydrogens is 384 g/mol. The van der Waals surface area contributed by atoms with Crippen molar-refractivity contribution in [2.24, 2.45) is 0 Å². The zero-order valence-electron chi connectivity index (χ0n) is 16.8. The molecule has 2 aromatic rings. The minimum Gasteiger partial charge on any atom is -0.379 e. The highest BCUT2D eigenvalue weighted by molar-refractivity contribution is 7.10. The quantitative estimate of drug-likeness (QED) is 0.752. The predicted octanol–water partition coefficient (Wildman–Crippen LogP) is 3.93. The van der Waals surface area contributed by atoms with E-state index in [9.17, 15) is 4.79 Å². The number of hydrogen-bond acceptors (Lipinski definition) is 5. The van der Waals surface area contributed by atoms with E-state index in [1.807, 2.05) is 18.2 Å². The number of hydrogen-bond donors (Lipinski definition) is 2. The Hall–Kier alpha value is -2.09. The Labute approximate surface area is 176 Å². The summed E-state index contributed by atoms with van der Waals surface area (Å²) < 4.78 is 5.50. The van der Waals surface area contributed by atoms with Crippen molar-refractivity contribution in [1.29, 1.82) is 0 Å². The zero-order valence-corrected chi connectivity index (χ0v) is 17.6. The number of para-hydroxylation sites is 2. The highest BCUT2D eigenvalue weighted by atomic mass is 32.1. The normalized spacial score (nSPS) is 19.0. The molecule has 2 fully saturated rings. The van der Waals surface area contributed by atoms with Crippen molar-refractivity contribution in [3.05, 3.63) is 46.7 Å². The van der Waals surface area contributed by atoms with Crippen LogP contribution < -0.4 is 15.5 Å². The summed E-state index contributed by atoms with van der Waals surface area (Å²) in [6, 6.07) is 12.4. The van der Waals surface area contributed by atoms with Crippen LogP contribution in [0.3, 0.4) is 0 Å². The van der Waals surface area contributed by atoms with Gasteiger partial charge in [0.2, 0.25) is 0 Å². The van der Waals surface area contributed by atoms with Gasteiger partial charge >= 0.3 is 6.03 Å². The number of amides is 2. The van der Waals surface area contributed by atoms with Gasteiger partial charge in [-0.2, -0.15) is 0 Å². The Morgan fingerprint density at radius 3 is 2.59 bits per heavy atom. The van der Waals surface area contributed by atoms with Gasteiger partial charge in [-0.15, -0.1) is 11.3 Å². The number of morpholine rings is 1. The first-order valence-electron chi connectivity index (χ1n) is 10.6. The molecule has 3 heterocycles. The van der Waals surface area contributed by atoms with Crippen LogP contribution in [-0.2, 0) is 4.74 Å². The fourth-order valence-electron chi connectivity index (χ4n) is 4.13. The monoisotopic (exact) mass is 414 g/mol. The second-order valence-electron chi connectivity index (χ2n) is 7.58. The van der Waals surface area contributed by atoms with Crippen LogP contribution in [0.2, 0.25) is 0 Å². The second kappa shape index (κ2) is 10.1. The third-order valence-corrected chi connectivity index (χ3v) is 6.64. The summed E-state index contributed by atoms with van der Waals surface area (Å²) in [6.45, 7) is 5.97. The number of piperidine rings is 1. The highest BCUT2D eigenvalue weighted by Gasteiger charge is 2.24. The van der Waals surface area contributed by atoms with Crippen LogP contribution >= 0.6 is 11.3 Å². The molecule has 0 aliphatic carbocycles. The maximum absolute atomic E-state index is 12.7. The lowest BCUT2D eigenvalue weighted by Gasteiger charge is -2.34. The number of benzene rings is 1. The van der Waals surface area contributed by atoms with Gasteiger partial charge in [0.05, 0.1) is 30.6 Å². The smallest absolute Gasteiger partial charge is 0.319 e. The van der Waals surface area contributed by atoms with Gasteiger partial charge in [0, 0.05) is 37.6 Å². The number of ether oxygens (including phenoxy) is 1. The van der Waals surface area contributed by atoms with E-state index in [0.29, 0.717) is 6.54 Å². The fourth-order valence-corrected chi connectivity index (χ4v) is 4.99. The Balaban J connectivity index is 1.39. The molecule has 1 aromatic carbocycles. The molecule has 6 nitrogen and oxygen atoms in total. The van der Waals surface area contributed by atoms with Crippen LogP contribution in [0, 0.1) is 0 Å². The Morgan fingerprint density at radius 1 is 1.03 bits per heavy atom. The van der Waals surface area contributed by atoms with Crippen molar-refractivity contribution >= 4 is 28.7 Å². The van der Waals surface area contributed by atoms with Crippen LogP contribution in [0.25, 0.3) is 0 Å². The Kier molecular flexibility index (Phi) is 7.03. The number of urea groups is 1. The van der Waals surface area contributed by atoms with Crippen molar-refractivity contribution in [2.45, 2.75) is 25.3 Å². The molecule has 0 saturated carbocycles. The van der Waals surface area contributed by atoms with E-state index in [1.165, 1.54) is 24.1 Å². The largest absolute Gasteiger partial charge is 0.379 e. The first-order valence-corrected chi connectivity index (χ1v) is 11.4. The SMILES string of the molecule is O=C(NC[C@@H](c1cccs1)N1CCOCC1)Nc1ccccc1N1CCCCC1. The highest BCUT2D eigenvalue weighted by Crippen LogP contribution is 2.29. The molecule has 0 radical (unpaired) electrons. The van der Waals surface area contributed by atoms with Gasteiger partial charge in [0.25, 0.3) is 0 Å². The number of carbonyl (C=O) groups excluding carboxylic acids is 1. The molecule has 1 atom stereocenters. The summed E-state index contributed by atoms with van der Waals surface area (Å²) >= 11 is 1.74. The van der Waals surface area contributed by atoms with Gasteiger partial charge in [0.1, 0.15) is 0 Å². The second-order valence-corrected chi connectivity index (χ2v) is 8.56. The average molecular weight is 415 g/mol.